The van der Waals surface area contributed by atoms with Gasteiger partial charge in [-0.1, -0.05) is 0 Å². The molecule has 0 aliphatic carbocycles. The summed E-state index contributed by atoms with van der Waals surface area (Å²) < 4.78 is 12.3. The normalized spacial score (nSPS) is 10.5. The van der Waals surface area contributed by atoms with Crippen molar-refractivity contribution >= 4 is 34.2 Å². The van der Waals surface area contributed by atoms with E-state index in [2.05, 4.69) is 32.9 Å². The number of nitrogens with zero attached hydrogens (tertiary/aromatic N) is 1. The highest BCUT2D eigenvalue weighted by atomic mass is 127. The summed E-state index contributed by atoms with van der Waals surface area (Å²) in [7, 11) is 0. The van der Waals surface area contributed by atoms with Crippen LogP contribution in [0.2, 0.25) is 0 Å². The molecule has 0 radical (unpaired) electrons. The van der Waals surface area contributed by atoms with Gasteiger partial charge in [-0.3, -0.25) is 4.79 Å². The first kappa shape index (κ1) is 18.4. The van der Waals surface area contributed by atoms with Crippen molar-refractivity contribution in [3.63, 3.8) is 0 Å². The van der Waals surface area contributed by atoms with Crippen molar-refractivity contribution in [3.05, 3.63) is 64.2 Å². The smallest absolute Gasteiger partial charge is 0.224 e. The lowest BCUT2D eigenvalue weighted by atomic mass is 10.2. The molecule has 26 heavy (non-hydrogen) atoms. The van der Waals surface area contributed by atoms with Crippen molar-refractivity contribution in [2.24, 2.45) is 0 Å². The van der Waals surface area contributed by atoms with Crippen molar-refractivity contribution in [2.45, 2.75) is 19.8 Å². The van der Waals surface area contributed by atoms with Crippen LogP contribution in [0.15, 0.2) is 59.1 Å². The fourth-order valence-electron chi connectivity index (χ4n) is 2.42. The quantitative estimate of drug-likeness (QED) is 0.507. The van der Waals surface area contributed by atoms with Crippen LogP contribution in [0.25, 0.3) is 11.3 Å². The number of ether oxygens (including phenoxy) is 1. The van der Waals surface area contributed by atoms with Gasteiger partial charge in [-0.25, -0.2) is 4.98 Å². The van der Waals surface area contributed by atoms with Crippen LogP contribution < -0.4 is 10.1 Å². The third-order valence-electron chi connectivity index (χ3n) is 3.70. The number of amides is 1. The molecule has 1 aromatic heterocycles. The van der Waals surface area contributed by atoms with Gasteiger partial charge in [0, 0.05) is 27.7 Å². The third kappa shape index (κ3) is 5.08. The molecular formula is C20H19IN2O3. The van der Waals surface area contributed by atoms with Crippen LogP contribution >= 0.6 is 22.6 Å². The minimum atomic E-state index is -0.0629. The number of anilines is 1. The van der Waals surface area contributed by atoms with Crippen molar-refractivity contribution in [3.8, 4) is 17.1 Å². The summed E-state index contributed by atoms with van der Waals surface area (Å²) in [5.74, 6) is 1.99. The van der Waals surface area contributed by atoms with Crippen molar-refractivity contribution in [1.29, 1.82) is 0 Å². The molecule has 1 heterocycles. The average molecular weight is 462 g/mol. The summed E-state index contributed by atoms with van der Waals surface area (Å²) in [4.78, 5) is 16.3. The molecule has 0 saturated carbocycles. The Balaban J connectivity index is 1.54. The molecular weight excluding hydrogens is 443 g/mol. The van der Waals surface area contributed by atoms with E-state index in [0.717, 1.165) is 20.6 Å². The summed E-state index contributed by atoms with van der Waals surface area (Å²) in [6.45, 7) is 2.58. The van der Waals surface area contributed by atoms with Crippen LogP contribution in [0.3, 0.4) is 0 Å². The Morgan fingerprint density at radius 3 is 2.58 bits per heavy atom. The maximum atomic E-state index is 12.1. The second-order valence-corrected chi connectivity index (χ2v) is 6.88. The highest BCUT2D eigenvalue weighted by molar-refractivity contribution is 14.1. The third-order valence-corrected chi connectivity index (χ3v) is 4.42. The molecule has 0 aliphatic rings. The summed E-state index contributed by atoms with van der Waals surface area (Å²) in [6, 6.07) is 15.3. The predicted molar refractivity (Wildman–Crippen MR) is 109 cm³/mol. The van der Waals surface area contributed by atoms with Crippen LogP contribution in [-0.4, -0.2) is 17.5 Å². The van der Waals surface area contributed by atoms with Crippen molar-refractivity contribution in [1.82, 2.24) is 4.98 Å². The molecule has 3 rings (SSSR count). The van der Waals surface area contributed by atoms with E-state index in [1.54, 1.807) is 6.20 Å². The Labute approximate surface area is 165 Å². The van der Waals surface area contributed by atoms with Crippen LogP contribution in [0.1, 0.15) is 19.2 Å². The maximum Gasteiger partial charge on any atom is 0.224 e. The Morgan fingerprint density at radius 2 is 1.88 bits per heavy atom. The predicted octanol–water partition coefficient (Wildman–Crippen LogP) is 4.92. The number of carbonyl (C=O) groups excluding carboxylic acids is 1. The zero-order chi connectivity index (χ0) is 18.4. The van der Waals surface area contributed by atoms with Gasteiger partial charge in [-0.05, 0) is 78.0 Å². The van der Waals surface area contributed by atoms with Crippen molar-refractivity contribution < 1.29 is 13.9 Å². The molecule has 5 nitrogen and oxygen atoms in total. The average Bonchev–Trinajstić information content (AvgIpc) is 3.12. The van der Waals surface area contributed by atoms with Gasteiger partial charge in [0.1, 0.15) is 5.75 Å². The molecule has 0 saturated heterocycles. The molecule has 0 unspecified atom stereocenters. The summed E-state index contributed by atoms with van der Waals surface area (Å²) in [6.07, 6.45) is 2.45. The van der Waals surface area contributed by atoms with E-state index in [4.69, 9.17) is 9.15 Å². The second-order valence-electron chi connectivity index (χ2n) is 5.63. The number of oxazole rings is 1. The molecule has 2 aromatic carbocycles. The molecule has 0 atom stereocenters. The maximum absolute atomic E-state index is 12.1. The lowest BCUT2D eigenvalue weighted by Crippen LogP contribution is -2.12. The number of aromatic nitrogens is 1. The van der Waals surface area contributed by atoms with E-state index in [9.17, 15) is 4.79 Å². The van der Waals surface area contributed by atoms with E-state index in [1.165, 1.54) is 0 Å². The molecule has 1 N–H and O–H groups in total. The van der Waals surface area contributed by atoms with Gasteiger partial charge in [-0.15, -0.1) is 0 Å². The van der Waals surface area contributed by atoms with Crippen LogP contribution in [-0.2, 0) is 11.2 Å². The van der Waals surface area contributed by atoms with Gasteiger partial charge in [0.15, 0.2) is 11.7 Å². The largest absolute Gasteiger partial charge is 0.494 e. The number of rotatable bonds is 7. The van der Waals surface area contributed by atoms with Gasteiger partial charge >= 0.3 is 0 Å². The number of benzene rings is 2. The number of aryl methyl sites for hydroxylation is 1. The van der Waals surface area contributed by atoms with Gasteiger partial charge in [0.2, 0.25) is 5.91 Å². The molecule has 0 aliphatic heterocycles. The Bertz CT molecular complexity index is 858. The first-order valence-corrected chi connectivity index (χ1v) is 9.45. The first-order valence-electron chi connectivity index (χ1n) is 8.37. The first-order chi connectivity index (χ1) is 12.6. The van der Waals surface area contributed by atoms with E-state index in [1.807, 2.05) is 55.5 Å². The Morgan fingerprint density at radius 1 is 1.15 bits per heavy atom. The van der Waals surface area contributed by atoms with E-state index in [-0.39, 0.29) is 5.91 Å². The summed E-state index contributed by atoms with van der Waals surface area (Å²) in [5, 5.41) is 2.87. The number of halogens is 1. The highest BCUT2D eigenvalue weighted by Crippen LogP contribution is 2.23. The minimum absolute atomic E-state index is 0.0629. The van der Waals surface area contributed by atoms with Gasteiger partial charge in [0.25, 0.3) is 0 Å². The monoisotopic (exact) mass is 462 g/mol. The summed E-state index contributed by atoms with van der Waals surface area (Å²) >= 11 is 2.23. The number of hydrogen-bond donors (Lipinski definition) is 1. The van der Waals surface area contributed by atoms with Crippen LogP contribution in [0.4, 0.5) is 5.69 Å². The molecule has 134 valence electrons. The van der Waals surface area contributed by atoms with Crippen molar-refractivity contribution in [2.75, 3.05) is 11.9 Å². The Hall–Kier alpha value is -2.35. The van der Waals surface area contributed by atoms with E-state index >= 15 is 0 Å². The molecule has 1 amide bonds. The zero-order valence-electron chi connectivity index (χ0n) is 14.4. The number of nitrogens with one attached hydrogen (secondary N) is 1. The molecule has 3 aromatic rings. The zero-order valence-corrected chi connectivity index (χ0v) is 16.5. The van der Waals surface area contributed by atoms with Crippen LogP contribution in [0, 0.1) is 3.57 Å². The van der Waals surface area contributed by atoms with E-state index in [0.29, 0.717) is 31.1 Å². The number of hydrogen-bond acceptors (Lipinski definition) is 4. The molecule has 0 spiro atoms. The SMILES string of the molecule is CCOc1ccc(-c2cnc(CCC(=O)Nc3ccc(I)cc3)o2)cc1. The Kier molecular flexibility index (Phi) is 6.27. The molecule has 0 fully saturated rings. The molecule has 6 heteroatoms. The lowest BCUT2D eigenvalue weighted by Gasteiger charge is -2.04. The van der Waals surface area contributed by atoms with Gasteiger partial charge in [-0.2, -0.15) is 0 Å². The standard InChI is InChI=1S/C20H19IN2O3/c1-2-25-17-9-3-14(4-10-17)18-13-22-20(26-18)12-11-19(24)23-16-7-5-15(21)6-8-16/h3-10,13H,2,11-12H2,1H3,(H,23,24). The molecule has 0 bridgehead atoms. The lowest BCUT2D eigenvalue weighted by molar-refractivity contribution is -0.116. The minimum Gasteiger partial charge on any atom is -0.494 e. The fourth-order valence-corrected chi connectivity index (χ4v) is 2.78. The second kappa shape index (κ2) is 8.84. The summed E-state index contributed by atoms with van der Waals surface area (Å²) in [5.41, 5.74) is 1.72. The number of carbonyl (C=O) groups is 1. The van der Waals surface area contributed by atoms with E-state index < -0.39 is 0 Å². The fraction of sp³-hybridized carbons (Fsp3) is 0.200. The van der Waals surface area contributed by atoms with Crippen LogP contribution in [0.5, 0.6) is 5.75 Å². The van der Waals surface area contributed by atoms with Gasteiger partial charge < -0.3 is 14.5 Å². The van der Waals surface area contributed by atoms with Gasteiger partial charge in [0.05, 0.1) is 12.8 Å². The topological polar surface area (TPSA) is 64.4 Å². The highest BCUT2D eigenvalue weighted by Gasteiger charge is 2.09.